The number of rotatable bonds is 5. The van der Waals surface area contributed by atoms with Crippen LogP contribution in [-0.4, -0.2) is 18.8 Å². The van der Waals surface area contributed by atoms with Gasteiger partial charge in [0.25, 0.3) is 0 Å². The SMILES string of the molecule is COc1ccc2c(c1)NC(=O)C(CC=C(C)C)(CC=C(C)C)C2=O. The topological polar surface area (TPSA) is 55.4 Å². The van der Waals surface area contributed by atoms with Crippen LogP contribution in [0.5, 0.6) is 5.75 Å². The maximum atomic E-state index is 13.2. The van der Waals surface area contributed by atoms with Gasteiger partial charge in [0.15, 0.2) is 5.78 Å². The molecule has 1 aromatic rings. The highest BCUT2D eigenvalue weighted by atomic mass is 16.5. The van der Waals surface area contributed by atoms with Gasteiger partial charge in [-0.05, 0) is 52.7 Å². The van der Waals surface area contributed by atoms with Crippen molar-refractivity contribution in [1.29, 1.82) is 0 Å². The molecule has 1 heterocycles. The first-order chi connectivity index (χ1) is 11.3. The number of benzene rings is 1. The van der Waals surface area contributed by atoms with Gasteiger partial charge in [-0.3, -0.25) is 9.59 Å². The van der Waals surface area contributed by atoms with E-state index in [4.69, 9.17) is 4.74 Å². The van der Waals surface area contributed by atoms with Gasteiger partial charge in [-0.2, -0.15) is 0 Å². The molecule has 128 valence electrons. The molecule has 2 rings (SSSR count). The van der Waals surface area contributed by atoms with Gasteiger partial charge in [-0.25, -0.2) is 0 Å². The molecule has 0 aromatic heterocycles. The lowest BCUT2D eigenvalue weighted by Crippen LogP contribution is -2.46. The number of anilines is 1. The van der Waals surface area contributed by atoms with E-state index in [1.807, 2.05) is 39.8 Å². The first-order valence-electron chi connectivity index (χ1n) is 8.11. The second kappa shape index (κ2) is 7.04. The summed E-state index contributed by atoms with van der Waals surface area (Å²) in [4.78, 5) is 26.1. The molecule has 1 aromatic carbocycles. The van der Waals surface area contributed by atoms with Crippen molar-refractivity contribution in [3.63, 3.8) is 0 Å². The number of amides is 1. The van der Waals surface area contributed by atoms with Crippen LogP contribution in [-0.2, 0) is 4.79 Å². The van der Waals surface area contributed by atoms with Crippen LogP contribution in [0.25, 0.3) is 0 Å². The minimum absolute atomic E-state index is 0.126. The molecule has 1 aliphatic heterocycles. The zero-order valence-electron chi connectivity index (χ0n) is 15.0. The van der Waals surface area contributed by atoms with Crippen molar-refractivity contribution in [2.24, 2.45) is 5.41 Å². The van der Waals surface area contributed by atoms with Gasteiger partial charge < -0.3 is 10.1 Å². The first-order valence-corrected chi connectivity index (χ1v) is 8.11. The van der Waals surface area contributed by atoms with Crippen molar-refractivity contribution >= 4 is 17.4 Å². The Morgan fingerprint density at radius 1 is 1.08 bits per heavy atom. The molecule has 0 fully saturated rings. The zero-order valence-corrected chi connectivity index (χ0v) is 15.0. The summed E-state index contributed by atoms with van der Waals surface area (Å²) in [5.41, 5.74) is 2.16. The fourth-order valence-electron chi connectivity index (χ4n) is 2.77. The fourth-order valence-corrected chi connectivity index (χ4v) is 2.77. The second-order valence-corrected chi connectivity index (χ2v) is 6.75. The molecule has 1 N–H and O–H groups in total. The maximum Gasteiger partial charge on any atom is 0.239 e. The Morgan fingerprint density at radius 3 is 2.17 bits per heavy atom. The lowest BCUT2D eigenvalue weighted by molar-refractivity contribution is -0.123. The molecule has 0 radical (unpaired) electrons. The van der Waals surface area contributed by atoms with Crippen molar-refractivity contribution in [2.45, 2.75) is 40.5 Å². The molecule has 0 saturated heterocycles. The predicted octanol–water partition coefficient (Wildman–Crippen LogP) is 4.53. The summed E-state index contributed by atoms with van der Waals surface area (Å²) in [5, 5.41) is 2.91. The monoisotopic (exact) mass is 327 g/mol. The van der Waals surface area contributed by atoms with Crippen LogP contribution in [0.4, 0.5) is 5.69 Å². The summed E-state index contributed by atoms with van der Waals surface area (Å²) < 4.78 is 5.18. The highest BCUT2D eigenvalue weighted by Gasteiger charge is 2.48. The Hall–Kier alpha value is -2.36. The van der Waals surface area contributed by atoms with E-state index < -0.39 is 5.41 Å². The number of hydrogen-bond acceptors (Lipinski definition) is 3. The Balaban J connectivity index is 2.53. The number of allylic oxidation sites excluding steroid dienone is 4. The summed E-state index contributed by atoms with van der Waals surface area (Å²) >= 11 is 0. The van der Waals surface area contributed by atoms with Crippen LogP contribution < -0.4 is 10.1 Å². The highest BCUT2D eigenvalue weighted by molar-refractivity contribution is 6.24. The zero-order chi connectivity index (χ0) is 17.9. The fraction of sp³-hybridized carbons (Fsp3) is 0.400. The summed E-state index contributed by atoms with van der Waals surface area (Å²) in [5.74, 6) is 0.241. The lowest BCUT2D eigenvalue weighted by Gasteiger charge is -2.34. The van der Waals surface area contributed by atoms with Crippen LogP contribution in [0.3, 0.4) is 0 Å². The van der Waals surface area contributed by atoms with Gasteiger partial charge >= 0.3 is 0 Å². The lowest BCUT2D eigenvalue weighted by atomic mass is 9.71. The number of ketones is 1. The molecule has 0 saturated carbocycles. The van der Waals surface area contributed by atoms with Gasteiger partial charge in [0, 0.05) is 11.6 Å². The van der Waals surface area contributed by atoms with E-state index in [0.717, 1.165) is 11.1 Å². The largest absolute Gasteiger partial charge is 0.497 e. The minimum Gasteiger partial charge on any atom is -0.497 e. The molecule has 1 amide bonds. The summed E-state index contributed by atoms with van der Waals surface area (Å²) in [6.45, 7) is 7.88. The van der Waals surface area contributed by atoms with E-state index >= 15 is 0 Å². The summed E-state index contributed by atoms with van der Waals surface area (Å²) in [6, 6.07) is 5.17. The van der Waals surface area contributed by atoms with E-state index in [1.54, 1.807) is 25.3 Å². The molecular formula is C20H25NO3. The average molecular weight is 327 g/mol. The quantitative estimate of drug-likeness (QED) is 0.638. The number of carbonyl (C=O) groups is 2. The number of nitrogens with one attached hydrogen (secondary N) is 1. The van der Waals surface area contributed by atoms with Crippen LogP contribution in [0.15, 0.2) is 41.5 Å². The van der Waals surface area contributed by atoms with Gasteiger partial charge in [-0.15, -0.1) is 0 Å². The smallest absolute Gasteiger partial charge is 0.239 e. The molecule has 0 bridgehead atoms. The molecular weight excluding hydrogens is 302 g/mol. The standard InChI is InChI=1S/C20H25NO3/c1-13(2)8-10-20(11-9-14(3)4)18(22)16-7-6-15(24-5)12-17(16)21-19(20)23/h6-9,12H,10-11H2,1-5H3,(H,21,23). The predicted molar refractivity (Wildman–Crippen MR) is 96.5 cm³/mol. The third-order valence-corrected chi connectivity index (χ3v) is 4.31. The molecule has 0 atom stereocenters. The number of carbonyl (C=O) groups excluding carboxylic acids is 2. The Bertz CT molecular complexity index is 700. The van der Waals surface area contributed by atoms with Crippen molar-refractivity contribution < 1.29 is 14.3 Å². The minimum atomic E-state index is -1.09. The van der Waals surface area contributed by atoms with Gasteiger partial charge in [0.05, 0.1) is 12.8 Å². The third kappa shape index (κ3) is 3.42. The van der Waals surface area contributed by atoms with Crippen molar-refractivity contribution in [1.82, 2.24) is 0 Å². The number of ether oxygens (including phenoxy) is 1. The molecule has 0 aliphatic carbocycles. The first kappa shape index (κ1) is 18.0. The normalized spacial score (nSPS) is 15.2. The average Bonchev–Trinajstić information content (AvgIpc) is 2.53. The van der Waals surface area contributed by atoms with E-state index in [2.05, 4.69) is 5.32 Å². The van der Waals surface area contributed by atoms with E-state index in [9.17, 15) is 9.59 Å². The van der Waals surface area contributed by atoms with Crippen LogP contribution >= 0.6 is 0 Å². The number of fused-ring (bicyclic) bond motifs is 1. The van der Waals surface area contributed by atoms with E-state index in [1.165, 1.54) is 0 Å². The van der Waals surface area contributed by atoms with E-state index in [0.29, 0.717) is 29.8 Å². The van der Waals surface area contributed by atoms with Crippen LogP contribution in [0.2, 0.25) is 0 Å². The Morgan fingerprint density at radius 2 is 1.67 bits per heavy atom. The Labute approximate surface area is 143 Å². The van der Waals surface area contributed by atoms with Crippen molar-refractivity contribution in [3.8, 4) is 5.75 Å². The molecule has 0 spiro atoms. The molecule has 4 heteroatoms. The molecule has 4 nitrogen and oxygen atoms in total. The summed E-state index contributed by atoms with van der Waals surface area (Å²) in [7, 11) is 1.56. The highest BCUT2D eigenvalue weighted by Crippen LogP contribution is 2.41. The number of Topliss-reactive ketones (excluding diaryl/α,β-unsaturated/α-hetero) is 1. The second-order valence-electron chi connectivity index (χ2n) is 6.75. The number of methoxy groups -OCH3 is 1. The molecule has 1 aliphatic rings. The van der Waals surface area contributed by atoms with Gasteiger partial charge in [0.2, 0.25) is 5.91 Å². The Kier molecular flexibility index (Phi) is 5.27. The van der Waals surface area contributed by atoms with Crippen molar-refractivity contribution in [2.75, 3.05) is 12.4 Å². The van der Waals surface area contributed by atoms with Crippen LogP contribution in [0.1, 0.15) is 50.9 Å². The molecule has 24 heavy (non-hydrogen) atoms. The maximum absolute atomic E-state index is 13.2. The third-order valence-electron chi connectivity index (χ3n) is 4.31. The van der Waals surface area contributed by atoms with Gasteiger partial charge in [0.1, 0.15) is 11.2 Å². The van der Waals surface area contributed by atoms with Gasteiger partial charge in [-0.1, -0.05) is 23.3 Å². The molecule has 0 unspecified atom stereocenters. The van der Waals surface area contributed by atoms with E-state index in [-0.39, 0.29) is 11.7 Å². The van der Waals surface area contributed by atoms with Crippen molar-refractivity contribution in [3.05, 3.63) is 47.1 Å². The van der Waals surface area contributed by atoms with Crippen LogP contribution in [0, 0.1) is 5.41 Å². The number of hydrogen-bond donors (Lipinski definition) is 1. The summed E-state index contributed by atoms with van der Waals surface area (Å²) in [6.07, 6.45) is 4.72.